The smallest absolute Gasteiger partial charge is 0.157 e. The van der Waals surface area contributed by atoms with Crippen LogP contribution in [0.4, 0.5) is 11.4 Å². The van der Waals surface area contributed by atoms with E-state index in [1.807, 2.05) is 13.8 Å². The number of nitrogens with one attached hydrogen (secondary N) is 2. The Kier molecular flexibility index (Phi) is 7.93. The van der Waals surface area contributed by atoms with Crippen molar-refractivity contribution < 1.29 is 50.3 Å². The maximum atomic E-state index is 10.3. The highest BCUT2D eigenvalue weighted by atomic mass is 16.6. The molecule has 2 heterocycles. The normalized spacial score (nSPS) is 40.2. The van der Waals surface area contributed by atoms with E-state index < -0.39 is 74.5 Å². The fourth-order valence-corrected chi connectivity index (χ4v) is 3.80. The average Bonchev–Trinajstić information content (AvgIpc) is 2.77. The molecule has 0 saturated carbocycles. The number of ether oxygens (including phenoxy) is 2. The lowest BCUT2D eigenvalue weighted by Gasteiger charge is -2.42. The van der Waals surface area contributed by atoms with Crippen LogP contribution in [0.1, 0.15) is 11.1 Å². The summed E-state index contributed by atoms with van der Waals surface area (Å²) in [5, 5.41) is 85.3. The molecule has 2 saturated heterocycles. The molecule has 12 nitrogen and oxygen atoms in total. The SMILES string of the molecule is Cc1cc(N[C@@H]2O[C@H](CO)[C@H](O)[C@@H](O)[C@H]2O)c(N[C@@H]2O[C@H](CO)[C@H](O)[C@H](O)[C@@H]2O)cc1C. The Morgan fingerprint density at radius 1 is 0.625 bits per heavy atom. The van der Waals surface area contributed by atoms with Gasteiger partial charge in [0.15, 0.2) is 12.5 Å². The van der Waals surface area contributed by atoms with Gasteiger partial charge in [0.05, 0.1) is 24.6 Å². The largest absolute Gasteiger partial charge is 0.394 e. The molecule has 0 unspecified atom stereocenters. The number of benzene rings is 1. The second-order valence-electron chi connectivity index (χ2n) is 8.27. The summed E-state index contributed by atoms with van der Waals surface area (Å²) in [5.74, 6) is 0. The first kappa shape index (κ1) is 25.1. The highest BCUT2D eigenvalue weighted by Gasteiger charge is 2.45. The molecule has 0 amide bonds. The van der Waals surface area contributed by atoms with E-state index in [1.54, 1.807) is 12.1 Å². The van der Waals surface area contributed by atoms with Crippen LogP contribution in [0.15, 0.2) is 12.1 Å². The predicted octanol–water partition coefficient (Wildman–Crippen LogP) is -3.27. The Balaban J connectivity index is 1.86. The Morgan fingerprint density at radius 3 is 1.28 bits per heavy atom. The highest BCUT2D eigenvalue weighted by Crippen LogP contribution is 2.32. The van der Waals surface area contributed by atoms with Crippen LogP contribution in [0, 0.1) is 13.8 Å². The third-order valence-corrected chi connectivity index (χ3v) is 6.01. The molecule has 32 heavy (non-hydrogen) atoms. The summed E-state index contributed by atoms with van der Waals surface area (Å²) in [5.41, 5.74) is 2.46. The average molecular weight is 460 g/mol. The quantitative estimate of drug-likeness (QED) is 0.203. The molecular formula is C20H32N2O10. The number of rotatable bonds is 6. The predicted molar refractivity (Wildman–Crippen MR) is 111 cm³/mol. The van der Waals surface area contributed by atoms with E-state index in [9.17, 15) is 40.9 Å². The molecule has 1 aromatic rings. The van der Waals surface area contributed by atoms with Gasteiger partial charge in [-0.1, -0.05) is 0 Å². The summed E-state index contributed by atoms with van der Waals surface area (Å²) < 4.78 is 11.0. The van der Waals surface area contributed by atoms with Crippen molar-refractivity contribution in [2.45, 2.75) is 75.1 Å². The zero-order chi connectivity index (χ0) is 23.7. The van der Waals surface area contributed by atoms with Gasteiger partial charge in [0.25, 0.3) is 0 Å². The third kappa shape index (κ3) is 4.84. The zero-order valence-corrected chi connectivity index (χ0v) is 17.7. The summed E-state index contributed by atoms with van der Waals surface area (Å²) in [6.07, 6.45) is -13.7. The summed E-state index contributed by atoms with van der Waals surface area (Å²) in [6.45, 7) is 2.52. The van der Waals surface area contributed by atoms with Gasteiger partial charge in [0.2, 0.25) is 0 Å². The van der Waals surface area contributed by atoms with Crippen molar-refractivity contribution in [2.24, 2.45) is 0 Å². The molecule has 0 aliphatic carbocycles. The first-order valence-corrected chi connectivity index (χ1v) is 10.3. The molecule has 0 spiro atoms. The van der Waals surface area contributed by atoms with Crippen molar-refractivity contribution in [3.8, 4) is 0 Å². The second kappa shape index (κ2) is 10.1. The lowest BCUT2D eigenvalue weighted by molar-refractivity contribution is -0.222. The van der Waals surface area contributed by atoms with Crippen LogP contribution in [0.3, 0.4) is 0 Å². The molecule has 12 heteroatoms. The fraction of sp³-hybridized carbons (Fsp3) is 0.700. The van der Waals surface area contributed by atoms with E-state index in [0.717, 1.165) is 11.1 Å². The molecule has 3 rings (SSSR count). The number of aliphatic hydroxyl groups excluding tert-OH is 8. The molecule has 0 bridgehead atoms. The summed E-state index contributed by atoms with van der Waals surface area (Å²) >= 11 is 0. The Hall–Kier alpha value is -1.58. The molecule has 0 radical (unpaired) electrons. The molecule has 2 aliphatic heterocycles. The number of hydrogen-bond acceptors (Lipinski definition) is 12. The van der Waals surface area contributed by atoms with Gasteiger partial charge < -0.3 is 61.0 Å². The van der Waals surface area contributed by atoms with Crippen molar-refractivity contribution in [2.75, 3.05) is 23.8 Å². The van der Waals surface area contributed by atoms with E-state index in [4.69, 9.17) is 9.47 Å². The minimum atomic E-state index is -1.56. The Labute approximate surface area is 184 Å². The van der Waals surface area contributed by atoms with Gasteiger partial charge in [-0.15, -0.1) is 0 Å². The van der Waals surface area contributed by atoms with Crippen molar-refractivity contribution >= 4 is 11.4 Å². The first-order chi connectivity index (χ1) is 15.1. The van der Waals surface area contributed by atoms with E-state index in [0.29, 0.717) is 11.4 Å². The van der Waals surface area contributed by atoms with E-state index in [-0.39, 0.29) is 0 Å². The van der Waals surface area contributed by atoms with Gasteiger partial charge in [-0.2, -0.15) is 0 Å². The van der Waals surface area contributed by atoms with Gasteiger partial charge in [0, 0.05) is 0 Å². The standard InChI is InChI=1S/C20H32N2O10/c1-7-3-9(21-19-17(29)15(27)13(25)11(5-23)31-19)10(4-8(7)2)22-20-18(30)16(28)14(26)12(6-24)32-20/h3-4,11-30H,5-6H2,1-2H3/t11-,12-,13+,14+,15-,16+,17-,18+,19-,20-/m1/s1. The highest BCUT2D eigenvalue weighted by molar-refractivity contribution is 5.71. The first-order valence-electron chi connectivity index (χ1n) is 10.3. The molecular weight excluding hydrogens is 428 g/mol. The van der Waals surface area contributed by atoms with Crippen LogP contribution in [0.5, 0.6) is 0 Å². The van der Waals surface area contributed by atoms with Gasteiger partial charge in [-0.25, -0.2) is 0 Å². The molecule has 2 aliphatic rings. The second-order valence-corrected chi connectivity index (χ2v) is 8.27. The third-order valence-electron chi connectivity index (χ3n) is 6.01. The van der Waals surface area contributed by atoms with Gasteiger partial charge in [-0.3, -0.25) is 0 Å². The van der Waals surface area contributed by atoms with E-state index in [1.165, 1.54) is 0 Å². The van der Waals surface area contributed by atoms with Gasteiger partial charge >= 0.3 is 0 Å². The Morgan fingerprint density at radius 2 is 0.969 bits per heavy atom. The van der Waals surface area contributed by atoms with Crippen LogP contribution in [-0.4, -0.2) is 115 Å². The molecule has 10 N–H and O–H groups in total. The zero-order valence-electron chi connectivity index (χ0n) is 17.7. The molecule has 10 atom stereocenters. The topological polar surface area (TPSA) is 204 Å². The van der Waals surface area contributed by atoms with Crippen molar-refractivity contribution in [3.63, 3.8) is 0 Å². The molecule has 1 aromatic carbocycles. The summed E-state index contributed by atoms with van der Waals surface area (Å²) in [7, 11) is 0. The fourth-order valence-electron chi connectivity index (χ4n) is 3.80. The maximum Gasteiger partial charge on any atom is 0.157 e. The monoisotopic (exact) mass is 460 g/mol. The van der Waals surface area contributed by atoms with Gasteiger partial charge in [-0.05, 0) is 37.1 Å². The molecule has 0 aromatic heterocycles. The number of anilines is 2. The lowest BCUT2D eigenvalue weighted by atomic mass is 9.97. The van der Waals surface area contributed by atoms with Crippen LogP contribution in [-0.2, 0) is 9.47 Å². The molecule has 182 valence electrons. The lowest BCUT2D eigenvalue weighted by Crippen LogP contribution is -2.61. The van der Waals surface area contributed by atoms with Crippen molar-refractivity contribution in [1.29, 1.82) is 0 Å². The summed E-state index contributed by atoms with van der Waals surface area (Å²) in [6, 6.07) is 3.42. The van der Waals surface area contributed by atoms with Gasteiger partial charge in [0.1, 0.15) is 48.8 Å². The van der Waals surface area contributed by atoms with Crippen LogP contribution in [0.25, 0.3) is 0 Å². The number of hydrogen-bond donors (Lipinski definition) is 10. The minimum Gasteiger partial charge on any atom is -0.394 e. The number of aliphatic hydroxyl groups is 8. The van der Waals surface area contributed by atoms with E-state index in [2.05, 4.69) is 10.6 Å². The minimum absolute atomic E-state index is 0.370. The maximum absolute atomic E-state index is 10.3. The van der Waals surface area contributed by atoms with E-state index >= 15 is 0 Å². The van der Waals surface area contributed by atoms with Crippen LogP contribution in [0.2, 0.25) is 0 Å². The summed E-state index contributed by atoms with van der Waals surface area (Å²) in [4.78, 5) is 0. The van der Waals surface area contributed by atoms with Crippen molar-refractivity contribution in [3.05, 3.63) is 23.3 Å². The Bertz CT molecular complexity index is 716. The van der Waals surface area contributed by atoms with Crippen LogP contribution >= 0.6 is 0 Å². The van der Waals surface area contributed by atoms with Crippen molar-refractivity contribution in [1.82, 2.24) is 0 Å². The van der Waals surface area contributed by atoms with Crippen LogP contribution < -0.4 is 10.6 Å². The number of aryl methyl sites for hydroxylation is 2. The molecule has 2 fully saturated rings.